The molecule has 4 aromatic heterocycles. The van der Waals surface area contributed by atoms with E-state index in [1.54, 1.807) is 6.07 Å². The van der Waals surface area contributed by atoms with Gasteiger partial charge in [-0.1, -0.05) is 72.8 Å². The summed E-state index contributed by atoms with van der Waals surface area (Å²) in [6, 6.07) is 57.2. The summed E-state index contributed by atoms with van der Waals surface area (Å²) in [5, 5.41) is 39.7. The van der Waals surface area contributed by atoms with E-state index in [-0.39, 0.29) is 0 Å². The van der Waals surface area contributed by atoms with Gasteiger partial charge >= 0.3 is 0 Å². The lowest BCUT2D eigenvalue weighted by Crippen LogP contribution is -2.04. The van der Waals surface area contributed by atoms with Crippen LogP contribution in [-0.2, 0) is 0 Å². The molecule has 0 radical (unpaired) electrons. The molecule has 7 nitrogen and oxygen atoms in total. The van der Waals surface area contributed by atoms with E-state index in [0.717, 1.165) is 98.7 Å². The van der Waals surface area contributed by atoms with Crippen LogP contribution in [-0.4, -0.2) is 9.13 Å². The molecule has 0 bridgehead atoms. The molecule has 0 aliphatic carbocycles. The highest BCUT2D eigenvalue weighted by Crippen LogP contribution is 2.46. The van der Waals surface area contributed by atoms with Crippen molar-refractivity contribution in [3.63, 3.8) is 0 Å². The van der Waals surface area contributed by atoms with E-state index in [0.29, 0.717) is 27.9 Å². The molecule has 8 aromatic carbocycles. The Balaban J connectivity index is 1.29. The number of aromatic nitrogens is 2. The van der Waals surface area contributed by atoms with Gasteiger partial charge in [-0.2, -0.15) is 15.8 Å². The number of furan rings is 2. The normalized spacial score (nSPS) is 11.7. The van der Waals surface area contributed by atoms with E-state index >= 15 is 0 Å². The topological polar surface area (TPSA) is 108 Å². The fourth-order valence-corrected chi connectivity index (χ4v) is 9.21. The van der Waals surface area contributed by atoms with Crippen LogP contribution in [0.4, 0.5) is 0 Å². The molecule has 0 amide bonds. The first kappa shape index (κ1) is 31.7. The Bertz CT molecular complexity index is 3880. The highest BCUT2D eigenvalue weighted by atomic mass is 16.3. The van der Waals surface area contributed by atoms with Crippen LogP contribution in [0.15, 0.2) is 160 Å². The molecule has 0 saturated heterocycles. The average Bonchev–Trinajstić information content (AvgIpc) is 4.03. The van der Waals surface area contributed by atoms with Crippen molar-refractivity contribution < 1.29 is 8.83 Å². The van der Waals surface area contributed by atoms with Gasteiger partial charge < -0.3 is 18.0 Å². The quantitative estimate of drug-likeness (QED) is 0.179. The SMILES string of the molecule is N#Cc1cc(C#N)cc(-c2cc(-n3c4ccccc4c4ccc5oc6ccccc6c5c43)c(C#N)cc2-n2c3ccccc3c3ccc4oc5ccccc5c4c32)c1. The Morgan fingerprint density at radius 3 is 1.40 bits per heavy atom. The van der Waals surface area contributed by atoms with Crippen LogP contribution in [0.25, 0.3) is 110 Å². The van der Waals surface area contributed by atoms with Crippen molar-refractivity contribution in [2.24, 2.45) is 0 Å². The molecule has 0 atom stereocenters. The van der Waals surface area contributed by atoms with Crippen LogP contribution < -0.4 is 0 Å². The van der Waals surface area contributed by atoms with Gasteiger partial charge in [0.2, 0.25) is 0 Å². The first-order chi connectivity index (χ1) is 28.6. The maximum absolute atomic E-state index is 11.3. The number of hydrogen-bond acceptors (Lipinski definition) is 5. The molecule has 4 heterocycles. The van der Waals surface area contributed by atoms with E-state index in [2.05, 4.69) is 75.9 Å². The molecule has 0 N–H and O–H groups in total. The maximum atomic E-state index is 11.3. The molecule has 0 saturated carbocycles. The Morgan fingerprint density at radius 2 is 0.879 bits per heavy atom. The summed E-state index contributed by atoms with van der Waals surface area (Å²) in [5.74, 6) is 0. The lowest BCUT2D eigenvalue weighted by molar-refractivity contribution is 0.669. The Kier molecular flexibility index (Phi) is 6.41. The zero-order valence-corrected chi connectivity index (χ0v) is 30.5. The highest BCUT2D eigenvalue weighted by Gasteiger charge is 2.25. The van der Waals surface area contributed by atoms with Crippen molar-refractivity contribution in [1.82, 2.24) is 9.13 Å². The summed E-state index contributed by atoms with van der Waals surface area (Å²) in [4.78, 5) is 0. The molecule has 266 valence electrons. The first-order valence-corrected chi connectivity index (χ1v) is 18.8. The predicted octanol–water partition coefficient (Wildman–Crippen LogP) is 13.0. The van der Waals surface area contributed by atoms with Crippen molar-refractivity contribution in [1.29, 1.82) is 15.8 Å². The second-order valence-corrected chi connectivity index (χ2v) is 14.6. The van der Waals surface area contributed by atoms with E-state index in [1.807, 2.05) is 97.1 Å². The van der Waals surface area contributed by atoms with Gasteiger partial charge in [-0.15, -0.1) is 0 Å². The molecule has 7 heteroatoms. The van der Waals surface area contributed by atoms with Crippen molar-refractivity contribution in [2.75, 3.05) is 0 Å². The van der Waals surface area contributed by atoms with Gasteiger partial charge in [0.05, 0.1) is 73.0 Å². The number of fused-ring (bicyclic) bond motifs is 14. The third-order valence-electron chi connectivity index (χ3n) is 11.6. The van der Waals surface area contributed by atoms with Gasteiger partial charge in [0, 0.05) is 37.9 Å². The summed E-state index contributed by atoms with van der Waals surface area (Å²) in [6.45, 7) is 0. The third-order valence-corrected chi connectivity index (χ3v) is 11.6. The molecule has 0 aliphatic rings. The minimum atomic E-state index is 0.361. The summed E-state index contributed by atoms with van der Waals surface area (Å²) < 4.78 is 17.2. The largest absolute Gasteiger partial charge is 0.456 e. The number of nitriles is 3. The predicted molar refractivity (Wildman–Crippen MR) is 229 cm³/mol. The fourth-order valence-electron chi connectivity index (χ4n) is 9.21. The smallest absolute Gasteiger partial charge is 0.137 e. The molecule has 0 aliphatic heterocycles. The second-order valence-electron chi connectivity index (χ2n) is 14.6. The fraction of sp³-hybridized carbons (Fsp3) is 0. The minimum Gasteiger partial charge on any atom is -0.456 e. The van der Waals surface area contributed by atoms with Crippen LogP contribution in [0, 0.1) is 34.0 Å². The number of nitrogens with zero attached hydrogens (tertiary/aromatic N) is 5. The molecule has 0 fully saturated rings. The van der Waals surface area contributed by atoms with Crippen LogP contribution in [0.3, 0.4) is 0 Å². The zero-order valence-electron chi connectivity index (χ0n) is 30.5. The molecule has 12 rings (SSSR count). The summed E-state index contributed by atoms with van der Waals surface area (Å²) >= 11 is 0. The zero-order chi connectivity index (χ0) is 38.6. The van der Waals surface area contributed by atoms with Gasteiger partial charge in [0.15, 0.2) is 0 Å². The number of hydrogen-bond donors (Lipinski definition) is 0. The van der Waals surface area contributed by atoms with Crippen LogP contribution in [0.5, 0.6) is 0 Å². The Labute approximate surface area is 329 Å². The van der Waals surface area contributed by atoms with Gasteiger partial charge in [-0.05, 0) is 84.4 Å². The monoisotopic (exact) mass is 739 g/mol. The van der Waals surface area contributed by atoms with E-state index < -0.39 is 0 Å². The third kappa shape index (κ3) is 4.23. The van der Waals surface area contributed by atoms with E-state index in [4.69, 9.17) is 8.83 Å². The van der Waals surface area contributed by atoms with E-state index in [9.17, 15) is 15.8 Å². The van der Waals surface area contributed by atoms with Crippen molar-refractivity contribution in [3.05, 3.63) is 168 Å². The standard InChI is InChI=1S/C51H25N5O2/c52-26-29-21-30(27-53)23-31(22-29)39-25-42(55-40-13-5-1-9-33(40)35-17-19-46-48(50(35)55)37-11-3-7-15-44(37)57-46)32(28-54)24-43(39)56-41-14-6-2-10-34(41)36-18-20-47-49(51(36)56)38-12-4-8-16-45(38)58-47/h1-25H. The van der Waals surface area contributed by atoms with Crippen molar-refractivity contribution in [3.8, 4) is 40.7 Å². The molecule has 0 unspecified atom stereocenters. The van der Waals surface area contributed by atoms with Crippen LogP contribution >= 0.6 is 0 Å². The molecular formula is C51H25N5O2. The van der Waals surface area contributed by atoms with Gasteiger partial charge in [-0.3, -0.25) is 0 Å². The lowest BCUT2D eigenvalue weighted by Gasteiger charge is -2.19. The number of rotatable bonds is 3. The van der Waals surface area contributed by atoms with Crippen molar-refractivity contribution in [2.45, 2.75) is 0 Å². The molecule has 0 spiro atoms. The molecule has 58 heavy (non-hydrogen) atoms. The van der Waals surface area contributed by atoms with Crippen molar-refractivity contribution >= 4 is 87.5 Å². The van der Waals surface area contributed by atoms with Gasteiger partial charge in [0.1, 0.15) is 28.4 Å². The summed E-state index contributed by atoms with van der Waals surface area (Å²) in [5.41, 5.74) is 10.7. The van der Waals surface area contributed by atoms with E-state index in [1.165, 1.54) is 0 Å². The summed E-state index contributed by atoms with van der Waals surface area (Å²) in [7, 11) is 0. The summed E-state index contributed by atoms with van der Waals surface area (Å²) in [6.07, 6.45) is 0. The number of para-hydroxylation sites is 4. The van der Waals surface area contributed by atoms with Gasteiger partial charge in [-0.25, -0.2) is 0 Å². The van der Waals surface area contributed by atoms with Crippen LogP contribution in [0.1, 0.15) is 16.7 Å². The lowest BCUT2D eigenvalue weighted by atomic mass is 9.96. The average molecular weight is 740 g/mol. The Morgan fingerprint density at radius 1 is 0.397 bits per heavy atom. The number of benzene rings is 8. The van der Waals surface area contributed by atoms with Crippen LogP contribution in [0.2, 0.25) is 0 Å². The van der Waals surface area contributed by atoms with Gasteiger partial charge in [0.25, 0.3) is 0 Å². The highest BCUT2D eigenvalue weighted by molar-refractivity contribution is 6.26. The Hall–Kier alpha value is -8.57. The molecule has 12 aromatic rings. The maximum Gasteiger partial charge on any atom is 0.137 e. The second kappa shape index (κ2) is 11.7. The first-order valence-electron chi connectivity index (χ1n) is 18.8. The minimum absolute atomic E-state index is 0.361. The molecular weight excluding hydrogens is 715 g/mol.